The van der Waals surface area contributed by atoms with E-state index in [1.54, 1.807) is 10.6 Å². The molecule has 2 rings (SSSR count). The van der Waals surface area contributed by atoms with Gasteiger partial charge in [-0.1, -0.05) is 0 Å². The van der Waals surface area contributed by atoms with Crippen LogP contribution in [0.3, 0.4) is 0 Å². The molecular weight excluding hydrogens is 269 g/mol. The van der Waals surface area contributed by atoms with Crippen molar-refractivity contribution < 1.29 is 0 Å². The molecule has 0 saturated heterocycles. The zero-order valence-electron chi connectivity index (χ0n) is 6.34. The van der Waals surface area contributed by atoms with E-state index in [0.29, 0.717) is 5.52 Å². The zero-order valence-corrected chi connectivity index (χ0v) is 8.49. The van der Waals surface area contributed by atoms with E-state index in [9.17, 15) is 4.79 Å². The molecule has 0 amide bonds. The number of H-pyrrole nitrogens is 1. The summed E-state index contributed by atoms with van der Waals surface area (Å²) in [4.78, 5) is 18.0. The fraction of sp³-hybridized carbons (Fsp3) is 0.143. The highest BCUT2D eigenvalue weighted by atomic mass is 127. The highest BCUT2D eigenvalue weighted by molar-refractivity contribution is 14.1. The number of aromatic nitrogens is 3. The molecular formula is C7H6IN3O. The minimum atomic E-state index is -0.0949. The van der Waals surface area contributed by atoms with Crippen LogP contribution in [0.5, 0.6) is 0 Å². The Balaban J connectivity index is 3.03. The van der Waals surface area contributed by atoms with Crippen molar-refractivity contribution in [3.63, 3.8) is 0 Å². The molecule has 0 unspecified atom stereocenters. The molecule has 0 aliphatic rings. The normalized spacial score (nSPS) is 10.8. The van der Waals surface area contributed by atoms with Crippen molar-refractivity contribution in [3.05, 3.63) is 32.3 Å². The van der Waals surface area contributed by atoms with E-state index in [2.05, 4.69) is 32.6 Å². The van der Waals surface area contributed by atoms with Crippen molar-refractivity contribution in [3.8, 4) is 0 Å². The second-order valence-electron chi connectivity index (χ2n) is 2.49. The molecule has 4 nitrogen and oxygen atoms in total. The van der Waals surface area contributed by atoms with Gasteiger partial charge < -0.3 is 4.98 Å². The average molecular weight is 275 g/mol. The molecule has 0 saturated carbocycles. The molecule has 0 aliphatic heterocycles. The number of hydrogen-bond donors (Lipinski definition) is 1. The topological polar surface area (TPSA) is 50.2 Å². The molecule has 0 spiro atoms. The molecule has 0 atom stereocenters. The molecule has 5 heteroatoms. The Morgan fingerprint density at radius 1 is 1.67 bits per heavy atom. The first kappa shape index (κ1) is 7.78. The minimum absolute atomic E-state index is 0.0949. The number of hydrogen-bond acceptors (Lipinski definition) is 2. The molecule has 0 radical (unpaired) electrons. The first-order valence-electron chi connectivity index (χ1n) is 3.41. The predicted octanol–water partition coefficient (Wildman–Crippen LogP) is 0.936. The lowest BCUT2D eigenvalue weighted by Gasteiger charge is -1.95. The van der Waals surface area contributed by atoms with Crippen LogP contribution in [0.1, 0.15) is 5.82 Å². The summed E-state index contributed by atoms with van der Waals surface area (Å²) in [6, 6.07) is 0. The van der Waals surface area contributed by atoms with Gasteiger partial charge >= 0.3 is 0 Å². The van der Waals surface area contributed by atoms with Gasteiger partial charge in [0, 0.05) is 6.20 Å². The Morgan fingerprint density at radius 3 is 3.17 bits per heavy atom. The third-order valence-corrected chi connectivity index (χ3v) is 2.24. The number of nitrogens with zero attached hydrogens (tertiary/aromatic N) is 2. The molecule has 12 heavy (non-hydrogen) atoms. The van der Waals surface area contributed by atoms with Crippen molar-refractivity contribution in [2.75, 3.05) is 0 Å². The largest absolute Gasteiger partial charge is 0.314 e. The van der Waals surface area contributed by atoms with Crippen LogP contribution in [0.15, 0.2) is 17.2 Å². The fourth-order valence-corrected chi connectivity index (χ4v) is 1.63. The zero-order chi connectivity index (χ0) is 8.72. The van der Waals surface area contributed by atoms with Crippen LogP contribution in [0.4, 0.5) is 0 Å². The van der Waals surface area contributed by atoms with Crippen LogP contribution in [0, 0.1) is 10.6 Å². The second kappa shape index (κ2) is 2.58. The van der Waals surface area contributed by atoms with E-state index in [4.69, 9.17) is 0 Å². The molecule has 0 fully saturated rings. The Bertz CT molecular complexity index is 485. The van der Waals surface area contributed by atoms with Crippen molar-refractivity contribution in [1.29, 1.82) is 0 Å². The maximum absolute atomic E-state index is 11.3. The van der Waals surface area contributed by atoms with Crippen LogP contribution in [0.25, 0.3) is 5.52 Å². The van der Waals surface area contributed by atoms with Gasteiger partial charge in [-0.05, 0) is 29.5 Å². The predicted molar refractivity (Wildman–Crippen MR) is 53.3 cm³/mol. The number of fused-ring (bicyclic) bond motifs is 1. The third kappa shape index (κ3) is 1.04. The maximum Gasteiger partial charge on any atom is 0.274 e. The van der Waals surface area contributed by atoms with Crippen molar-refractivity contribution >= 4 is 28.1 Å². The van der Waals surface area contributed by atoms with Gasteiger partial charge in [-0.2, -0.15) is 0 Å². The second-order valence-corrected chi connectivity index (χ2v) is 3.65. The van der Waals surface area contributed by atoms with Crippen molar-refractivity contribution in [2.45, 2.75) is 6.92 Å². The monoisotopic (exact) mass is 275 g/mol. The smallest absolute Gasteiger partial charge is 0.274 e. The first-order chi connectivity index (χ1) is 5.68. The van der Waals surface area contributed by atoms with E-state index >= 15 is 0 Å². The van der Waals surface area contributed by atoms with Gasteiger partial charge in [-0.25, -0.2) is 4.98 Å². The molecule has 2 heterocycles. The van der Waals surface area contributed by atoms with Crippen LogP contribution in [0.2, 0.25) is 0 Å². The number of aromatic amines is 1. The van der Waals surface area contributed by atoms with Crippen LogP contribution in [-0.2, 0) is 0 Å². The van der Waals surface area contributed by atoms with Crippen molar-refractivity contribution in [1.82, 2.24) is 14.4 Å². The molecule has 0 aromatic carbocycles. The molecule has 2 aromatic rings. The third-order valence-electron chi connectivity index (χ3n) is 1.69. The molecule has 1 N–H and O–H groups in total. The lowest BCUT2D eigenvalue weighted by atomic mass is 10.5. The van der Waals surface area contributed by atoms with E-state index in [1.807, 2.05) is 13.1 Å². The van der Waals surface area contributed by atoms with Gasteiger partial charge in [-0.3, -0.25) is 9.20 Å². The van der Waals surface area contributed by atoms with Crippen LogP contribution >= 0.6 is 22.6 Å². The summed E-state index contributed by atoms with van der Waals surface area (Å²) in [6.07, 6.45) is 3.42. The van der Waals surface area contributed by atoms with Gasteiger partial charge in [0.2, 0.25) is 0 Å². The summed E-state index contributed by atoms with van der Waals surface area (Å²) in [5.74, 6) is 0.828. The van der Waals surface area contributed by atoms with Gasteiger partial charge in [0.1, 0.15) is 11.3 Å². The van der Waals surface area contributed by atoms with Gasteiger partial charge in [0.05, 0.1) is 9.90 Å². The van der Waals surface area contributed by atoms with E-state index < -0.39 is 0 Å². The molecule has 62 valence electrons. The lowest BCUT2D eigenvalue weighted by molar-refractivity contribution is 1.00. The standard InChI is InChI=1S/C7H6IN3O/c1-4-9-2-5-7(12)10-6(8)3-11(4)5/h2-3H,1H3,(H,10,12). The molecule has 0 bridgehead atoms. The number of rotatable bonds is 0. The molecule has 0 aliphatic carbocycles. The van der Waals surface area contributed by atoms with Gasteiger partial charge in [0.25, 0.3) is 5.56 Å². The quantitative estimate of drug-likeness (QED) is 0.727. The van der Waals surface area contributed by atoms with Gasteiger partial charge in [-0.15, -0.1) is 0 Å². The van der Waals surface area contributed by atoms with Crippen LogP contribution in [-0.4, -0.2) is 14.4 Å². The summed E-state index contributed by atoms with van der Waals surface area (Å²) < 4.78 is 2.59. The number of nitrogens with one attached hydrogen (secondary N) is 1. The Hall–Kier alpha value is -0.850. The Kier molecular flexibility index (Phi) is 1.67. The fourth-order valence-electron chi connectivity index (χ4n) is 1.10. The highest BCUT2D eigenvalue weighted by Crippen LogP contribution is 2.03. The summed E-state index contributed by atoms with van der Waals surface area (Å²) in [5, 5.41) is 0. The van der Waals surface area contributed by atoms with E-state index in [1.165, 1.54) is 0 Å². The van der Waals surface area contributed by atoms with E-state index in [-0.39, 0.29) is 5.56 Å². The summed E-state index contributed by atoms with van der Waals surface area (Å²) in [6.45, 7) is 1.86. The van der Waals surface area contributed by atoms with E-state index in [0.717, 1.165) is 9.53 Å². The Morgan fingerprint density at radius 2 is 2.42 bits per heavy atom. The first-order valence-corrected chi connectivity index (χ1v) is 4.49. The number of halogens is 1. The summed E-state index contributed by atoms with van der Waals surface area (Å²) in [5.41, 5.74) is 0.496. The van der Waals surface area contributed by atoms with Crippen LogP contribution < -0.4 is 5.56 Å². The summed E-state index contributed by atoms with van der Waals surface area (Å²) in [7, 11) is 0. The maximum atomic E-state index is 11.3. The number of imidazole rings is 1. The highest BCUT2D eigenvalue weighted by Gasteiger charge is 2.02. The number of aryl methyl sites for hydroxylation is 1. The molecule has 2 aromatic heterocycles. The Labute approximate surface area is 81.8 Å². The SMILES string of the molecule is Cc1ncc2c(=O)[nH]c(I)cn12. The van der Waals surface area contributed by atoms with Gasteiger partial charge in [0.15, 0.2) is 0 Å². The van der Waals surface area contributed by atoms with Crippen molar-refractivity contribution in [2.24, 2.45) is 0 Å². The summed E-state index contributed by atoms with van der Waals surface area (Å²) >= 11 is 2.06. The minimum Gasteiger partial charge on any atom is -0.314 e. The lowest BCUT2D eigenvalue weighted by Crippen LogP contribution is -2.10. The average Bonchev–Trinajstić information content (AvgIpc) is 2.33.